The van der Waals surface area contributed by atoms with E-state index in [4.69, 9.17) is 9.47 Å². The Kier molecular flexibility index (Phi) is 1.84. The number of hydrogen-bond donors (Lipinski definition) is 2. The van der Waals surface area contributed by atoms with Crippen LogP contribution in [0, 0.1) is 0 Å². The van der Waals surface area contributed by atoms with Crippen molar-refractivity contribution in [1.29, 1.82) is 0 Å². The highest BCUT2D eigenvalue weighted by atomic mass is 16.8. The van der Waals surface area contributed by atoms with Crippen molar-refractivity contribution >= 4 is 5.78 Å². The summed E-state index contributed by atoms with van der Waals surface area (Å²) in [6.07, 6.45) is -1.17. The lowest BCUT2D eigenvalue weighted by molar-refractivity contribution is -0.146. The second-order valence-corrected chi connectivity index (χ2v) is 3.96. The molecule has 2 rings (SSSR count). The van der Waals surface area contributed by atoms with Gasteiger partial charge >= 0.3 is 0 Å². The predicted octanol–water partition coefficient (Wildman–Crippen LogP) is 0.807. The maximum absolute atomic E-state index is 11.2. The van der Waals surface area contributed by atoms with Gasteiger partial charge in [0.25, 0.3) is 0 Å². The second-order valence-electron chi connectivity index (χ2n) is 3.96. The first-order chi connectivity index (χ1) is 6.41. The highest BCUT2D eigenvalue weighted by molar-refractivity contribution is 5.95. The number of hydrogen-bond acceptors (Lipinski definition) is 5. The lowest BCUT2D eigenvalue weighted by Crippen LogP contribution is -2.34. The number of aliphatic hydroxyl groups is 2. The third-order valence-corrected chi connectivity index (χ3v) is 2.35. The molecule has 2 N–H and O–H groups in total. The minimum absolute atomic E-state index is 0.0456. The number of allylic oxidation sites excluding steroid dienone is 1. The lowest BCUT2D eigenvalue weighted by atomic mass is 9.97. The van der Waals surface area contributed by atoms with E-state index < -0.39 is 35.3 Å². The molecule has 1 aliphatic heterocycles. The molecule has 14 heavy (non-hydrogen) atoms. The van der Waals surface area contributed by atoms with E-state index in [1.54, 1.807) is 13.8 Å². The molecule has 2 aliphatic rings. The molecule has 0 amide bonds. The second kappa shape index (κ2) is 2.71. The van der Waals surface area contributed by atoms with Crippen LogP contribution in [0.15, 0.2) is 11.5 Å². The molecule has 5 heteroatoms. The molecule has 1 saturated heterocycles. The van der Waals surface area contributed by atoms with Crippen molar-refractivity contribution in [3.8, 4) is 0 Å². The predicted molar refractivity (Wildman–Crippen MR) is 45.7 cm³/mol. The minimum atomic E-state index is -0.825. The van der Waals surface area contributed by atoms with E-state index in [0.29, 0.717) is 0 Å². The van der Waals surface area contributed by atoms with Crippen LogP contribution in [0.3, 0.4) is 0 Å². The van der Waals surface area contributed by atoms with Gasteiger partial charge in [-0.15, -0.1) is 0 Å². The number of ketones is 1. The Morgan fingerprint density at radius 2 is 2.00 bits per heavy atom. The van der Waals surface area contributed by atoms with Crippen LogP contribution in [0.2, 0.25) is 0 Å². The highest BCUT2D eigenvalue weighted by Crippen LogP contribution is 2.36. The number of fused-ring (bicyclic) bond motifs is 1. The topological polar surface area (TPSA) is 76.0 Å². The summed E-state index contributed by atoms with van der Waals surface area (Å²) in [7, 11) is 0. The van der Waals surface area contributed by atoms with Crippen LogP contribution in [0.4, 0.5) is 0 Å². The zero-order valence-corrected chi connectivity index (χ0v) is 7.98. The molecule has 0 aromatic rings. The molecule has 1 fully saturated rings. The normalized spacial score (nSPS) is 36.0. The van der Waals surface area contributed by atoms with Crippen molar-refractivity contribution in [2.75, 3.05) is 0 Å². The fraction of sp³-hybridized carbons (Fsp3) is 0.667. The van der Waals surface area contributed by atoms with Crippen molar-refractivity contribution in [3.05, 3.63) is 11.5 Å². The highest BCUT2D eigenvalue weighted by Gasteiger charge is 2.48. The molecule has 0 aromatic carbocycles. The largest absolute Gasteiger partial charge is 0.506 e. The summed E-state index contributed by atoms with van der Waals surface area (Å²) >= 11 is 0. The maximum Gasteiger partial charge on any atom is 0.203 e. The fourth-order valence-electron chi connectivity index (χ4n) is 1.77. The summed E-state index contributed by atoms with van der Waals surface area (Å²) < 4.78 is 10.7. The van der Waals surface area contributed by atoms with Crippen LogP contribution in [0.5, 0.6) is 0 Å². The Morgan fingerprint density at radius 3 is 2.64 bits per heavy atom. The van der Waals surface area contributed by atoms with Gasteiger partial charge in [-0.3, -0.25) is 4.79 Å². The van der Waals surface area contributed by atoms with E-state index in [0.717, 1.165) is 0 Å². The summed E-state index contributed by atoms with van der Waals surface area (Å²) in [5, 5.41) is 18.7. The Bertz CT molecular complexity index is 317. The first-order valence-electron chi connectivity index (χ1n) is 4.41. The van der Waals surface area contributed by atoms with Crippen molar-refractivity contribution < 1.29 is 24.5 Å². The average molecular weight is 200 g/mol. The Balaban J connectivity index is 2.32. The third-order valence-electron chi connectivity index (χ3n) is 2.35. The van der Waals surface area contributed by atoms with Gasteiger partial charge in [0, 0.05) is 6.42 Å². The number of Topliss-reactive ketones (excluding diaryl/α,β-unsaturated/α-hetero) is 1. The summed E-state index contributed by atoms with van der Waals surface area (Å²) in [5.41, 5.74) is 0. The van der Waals surface area contributed by atoms with E-state index in [9.17, 15) is 15.0 Å². The van der Waals surface area contributed by atoms with Gasteiger partial charge in [0.05, 0.1) is 0 Å². The van der Waals surface area contributed by atoms with Crippen LogP contribution in [0.1, 0.15) is 20.3 Å². The van der Waals surface area contributed by atoms with E-state index in [2.05, 4.69) is 0 Å². The smallest absolute Gasteiger partial charge is 0.203 e. The monoisotopic (exact) mass is 200 g/mol. The van der Waals surface area contributed by atoms with Gasteiger partial charge in [-0.25, -0.2) is 0 Å². The zero-order valence-electron chi connectivity index (χ0n) is 7.98. The van der Waals surface area contributed by atoms with E-state index >= 15 is 0 Å². The standard InChI is InChI=1S/C9H12O5/c1-9(2)13-5-3-4(10)6(11)7(12)8(5)14-9/h5,8,11-12H,3H2,1-2H3/t5-,8-/m0/s1. The van der Waals surface area contributed by atoms with Gasteiger partial charge in [-0.05, 0) is 13.8 Å². The molecular formula is C9H12O5. The van der Waals surface area contributed by atoms with E-state index in [-0.39, 0.29) is 6.42 Å². The molecule has 2 atom stereocenters. The van der Waals surface area contributed by atoms with Crippen molar-refractivity contribution in [3.63, 3.8) is 0 Å². The van der Waals surface area contributed by atoms with Crippen LogP contribution < -0.4 is 0 Å². The quantitative estimate of drug-likeness (QED) is 0.605. The molecule has 1 heterocycles. The number of aliphatic hydroxyl groups excluding tert-OH is 2. The van der Waals surface area contributed by atoms with Crippen molar-refractivity contribution in [2.45, 2.75) is 38.3 Å². The van der Waals surface area contributed by atoms with Crippen LogP contribution >= 0.6 is 0 Å². The molecule has 5 nitrogen and oxygen atoms in total. The molecule has 0 unspecified atom stereocenters. The molecule has 1 aliphatic carbocycles. The molecule has 78 valence electrons. The van der Waals surface area contributed by atoms with E-state index in [1.165, 1.54) is 0 Å². The van der Waals surface area contributed by atoms with Crippen LogP contribution in [-0.2, 0) is 14.3 Å². The molecule has 0 spiro atoms. The third kappa shape index (κ3) is 1.29. The first-order valence-corrected chi connectivity index (χ1v) is 4.41. The molecule has 0 aromatic heterocycles. The molecule has 0 saturated carbocycles. The van der Waals surface area contributed by atoms with Gasteiger partial charge in [0.1, 0.15) is 12.2 Å². The van der Waals surface area contributed by atoms with Gasteiger partial charge < -0.3 is 19.7 Å². The van der Waals surface area contributed by atoms with Crippen LogP contribution in [-0.4, -0.2) is 34.0 Å². The lowest BCUT2D eigenvalue weighted by Gasteiger charge is -2.20. The number of carbonyl (C=O) groups excluding carboxylic acids is 1. The summed E-state index contributed by atoms with van der Waals surface area (Å²) in [6.45, 7) is 3.39. The van der Waals surface area contributed by atoms with Gasteiger partial charge in [0.15, 0.2) is 17.3 Å². The zero-order chi connectivity index (χ0) is 10.5. The first kappa shape index (κ1) is 9.48. The SMILES string of the molecule is CC1(C)O[C@H]2CC(=O)C(O)=C(O)[C@H]2O1. The van der Waals surface area contributed by atoms with Gasteiger partial charge in [0.2, 0.25) is 5.78 Å². The maximum atomic E-state index is 11.2. The molecule has 0 bridgehead atoms. The summed E-state index contributed by atoms with van der Waals surface area (Å²) in [6, 6.07) is 0. The van der Waals surface area contributed by atoms with Crippen molar-refractivity contribution in [1.82, 2.24) is 0 Å². The van der Waals surface area contributed by atoms with E-state index in [1.807, 2.05) is 0 Å². The minimum Gasteiger partial charge on any atom is -0.506 e. The Hall–Kier alpha value is -1.07. The number of carbonyl (C=O) groups is 1. The fourth-order valence-corrected chi connectivity index (χ4v) is 1.77. The Morgan fingerprint density at radius 1 is 1.36 bits per heavy atom. The van der Waals surface area contributed by atoms with Crippen LogP contribution in [0.25, 0.3) is 0 Å². The van der Waals surface area contributed by atoms with Gasteiger partial charge in [-0.1, -0.05) is 0 Å². The summed E-state index contributed by atoms with van der Waals surface area (Å²) in [5.74, 6) is -2.36. The van der Waals surface area contributed by atoms with Crippen molar-refractivity contribution in [2.24, 2.45) is 0 Å². The van der Waals surface area contributed by atoms with Gasteiger partial charge in [-0.2, -0.15) is 0 Å². The molecule has 0 radical (unpaired) electrons. The average Bonchev–Trinajstić information content (AvgIpc) is 2.37. The number of rotatable bonds is 0. The summed E-state index contributed by atoms with van der Waals surface area (Å²) in [4.78, 5) is 11.2. The molecular weight excluding hydrogens is 188 g/mol. The number of ether oxygens (including phenoxy) is 2. The Labute approximate surface area is 80.9 Å².